The highest BCUT2D eigenvalue weighted by Crippen LogP contribution is 2.28. The molecule has 1 aliphatic heterocycles. The average molecular weight is 482 g/mol. The van der Waals surface area contributed by atoms with E-state index in [1.54, 1.807) is 29.2 Å². The molecule has 35 heavy (non-hydrogen) atoms. The lowest BCUT2D eigenvalue weighted by atomic mass is 10.1. The van der Waals surface area contributed by atoms with Gasteiger partial charge in [-0.15, -0.1) is 0 Å². The lowest BCUT2D eigenvalue weighted by Gasteiger charge is -2.23. The Morgan fingerprint density at radius 1 is 1.09 bits per heavy atom. The van der Waals surface area contributed by atoms with Gasteiger partial charge in [0.05, 0.1) is 18.2 Å². The third-order valence-electron chi connectivity index (χ3n) is 6.13. The number of H-pyrrole nitrogens is 1. The van der Waals surface area contributed by atoms with Crippen LogP contribution in [-0.2, 0) is 11.3 Å². The lowest BCUT2D eigenvalue weighted by molar-refractivity contribution is -0.124. The first kappa shape index (κ1) is 24.3. The van der Waals surface area contributed by atoms with E-state index < -0.39 is 11.7 Å². The first-order valence-electron chi connectivity index (χ1n) is 11.4. The van der Waals surface area contributed by atoms with Gasteiger partial charge in [0, 0.05) is 58.3 Å². The van der Waals surface area contributed by atoms with Gasteiger partial charge in [0.15, 0.2) is 0 Å². The molecule has 0 saturated carbocycles. The average Bonchev–Trinajstić information content (AvgIpc) is 3.13. The second-order valence-electron chi connectivity index (χ2n) is 8.75. The SMILES string of the molecule is COc1cc2n[nH]c(C(=O)C(=O)N(C)C)c2cc1C(=O)N1CCCN(Cc2ccc(F)cc2)CC1. The van der Waals surface area contributed by atoms with Crippen molar-refractivity contribution in [2.24, 2.45) is 0 Å². The molecule has 2 aromatic carbocycles. The number of carbonyl (C=O) groups excluding carboxylic acids is 3. The van der Waals surface area contributed by atoms with Crippen LogP contribution in [0.15, 0.2) is 36.4 Å². The molecule has 0 aliphatic carbocycles. The zero-order valence-electron chi connectivity index (χ0n) is 20.0. The van der Waals surface area contributed by atoms with E-state index in [9.17, 15) is 18.8 Å². The highest BCUT2D eigenvalue weighted by molar-refractivity contribution is 6.44. The Balaban J connectivity index is 1.55. The van der Waals surface area contributed by atoms with Crippen LogP contribution in [0.3, 0.4) is 0 Å². The molecule has 1 saturated heterocycles. The van der Waals surface area contributed by atoms with Crippen LogP contribution in [0.1, 0.15) is 32.8 Å². The second-order valence-corrected chi connectivity index (χ2v) is 8.75. The Bertz CT molecular complexity index is 1250. The number of Topliss-reactive ketones (excluding diaryl/α,β-unsaturated/α-hetero) is 1. The van der Waals surface area contributed by atoms with Crippen LogP contribution in [0.25, 0.3) is 10.9 Å². The smallest absolute Gasteiger partial charge is 0.296 e. The van der Waals surface area contributed by atoms with Gasteiger partial charge < -0.3 is 14.5 Å². The van der Waals surface area contributed by atoms with E-state index in [1.807, 2.05) is 0 Å². The summed E-state index contributed by atoms with van der Waals surface area (Å²) in [5.41, 5.74) is 1.79. The van der Waals surface area contributed by atoms with Gasteiger partial charge in [0.1, 0.15) is 17.3 Å². The van der Waals surface area contributed by atoms with Gasteiger partial charge >= 0.3 is 0 Å². The number of ether oxygens (including phenoxy) is 1. The molecule has 9 nitrogen and oxygen atoms in total. The molecule has 184 valence electrons. The van der Waals surface area contributed by atoms with E-state index in [2.05, 4.69) is 15.1 Å². The van der Waals surface area contributed by atoms with Crippen molar-refractivity contribution in [1.29, 1.82) is 0 Å². The van der Waals surface area contributed by atoms with E-state index in [0.717, 1.165) is 18.5 Å². The number of nitrogens with one attached hydrogen (secondary N) is 1. The fourth-order valence-electron chi connectivity index (χ4n) is 4.21. The molecule has 1 N–H and O–H groups in total. The molecule has 2 amide bonds. The van der Waals surface area contributed by atoms with E-state index in [1.165, 1.54) is 38.2 Å². The Labute approximate surface area is 202 Å². The van der Waals surface area contributed by atoms with Crippen molar-refractivity contribution >= 4 is 28.5 Å². The number of fused-ring (bicyclic) bond motifs is 1. The number of aromatic amines is 1. The summed E-state index contributed by atoms with van der Waals surface area (Å²) in [6.07, 6.45) is 0.782. The summed E-state index contributed by atoms with van der Waals surface area (Å²) in [7, 11) is 4.46. The number of aromatic nitrogens is 2. The van der Waals surface area contributed by atoms with Gasteiger partial charge in [0.2, 0.25) is 0 Å². The van der Waals surface area contributed by atoms with Crippen molar-refractivity contribution in [2.45, 2.75) is 13.0 Å². The van der Waals surface area contributed by atoms with Crippen LogP contribution in [0.4, 0.5) is 4.39 Å². The summed E-state index contributed by atoms with van der Waals surface area (Å²) < 4.78 is 18.7. The number of likely N-dealkylation sites (N-methyl/N-ethyl adjacent to an activating group) is 1. The number of rotatable bonds is 6. The van der Waals surface area contributed by atoms with Gasteiger partial charge in [-0.25, -0.2) is 4.39 Å². The summed E-state index contributed by atoms with van der Waals surface area (Å²) in [6, 6.07) is 9.60. The van der Waals surface area contributed by atoms with Crippen LogP contribution < -0.4 is 4.74 Å². The van der Waals surface area contributed by atoms with Crippen LogP contribution in [0.5, 0.6) is 5.75 Å². The molecule has 10 heteroatoms. The number of nitrogens with zero attached hydrogens (tertiary/aromatic N) is 4. The van der Waals surface area contributed by atoms with Crippen molar-refractivity contribution in [3.8, 4) is 5.75 Å². The summed E-state index contributed by atoms with van der Waals surface area (Å²) in [4.78, 5) is 43.5. The molecule has 0 unspecified atom stereocenters. The van der Waals surface area contributed by atoms with Crippen LogP contribution in [0, 0.1) is 5.82 Å². The molecule has 4 rings (SSSR count). The predicted molar refractivity (Wildman–Crippen MR) is 128 cm³/mol. The van der Waals surface area contributed by atoms with Crippen molar-refractivity contribution < 1.29 is 23.5 Å². The fraction of sp³-hybridized carbons (Fsp3) is 0.360. The Hall–Kier alpha value is -3.79. The number of amides is 2. The van der Waals surface area contributed by atoms with Gasteiger partial charge in [-0.2, -0.15) is 5.10 Å². The molecule has 0 atom stereocenters. The second kappa shape index (κ2) is 10.2. The topological polar surface area (TPSA) is 98.8 Å². The molecule has 0 spiro atoms. The number of halogens is 1. The summed E-state index contributed by atoms with van der Waals surface area (Å²) in [6.45, 7) is 3.23. The number of hydrogen-bond donors (Lipinski definition) is 1. The maximum absolute atomic E-state index is 13.5. The normalized spacial score (nSPS) is 14.6. The quantitative estimate of drug-likeness (QED) is 0.429. The van der Waals surface area contributed by atoms with Gasteiger partial charge in [-0.3, -0.25) is 24.4 Å². The fourth-order valence-corrected chi connectivity index (χ4v) is 4.21. The monoisotopic (exact) mass is 481 g/mol. The van der Waals surface area contributed by atoms with Gasteiger partial charge in [-0.05, 0) is 30.2 Å². The van der Waals surface area contributed by atoms with Crippen molar-refractivity contribution in [1.82, 2.24) is 24.9 Å². The Kier molecular flexibility index (Phi) is 7.11. The van der Waals surface area contributed by atoms with E-state index >= 15 is 0 Å². The summed E-state index contributed by atoms with van der Waals surface area (Å²) in [5, 5.41) is 7.14. The maximum Gasteiger partial charge on any atom is 0.296 e. The van der Waals surface area contributed by atoms with Gasteiger partial charge in [-0.1, -0.05) is 12.1 Å². The molecular formula is C25H28FN5O4. The highest BCUT2D eigenvalue weighted by Gasteiger charge is 2.27. The number of ketones is 1. The molecule has 3 aromatic rings. The predicted octanol–water partition coefficient (Wildman–Crippen LogP) is 2.33. The summed E-state index contributed by atoms with van der Waals surface area (Å²) in [5.74, 6) is -1.55. The first-order chi connectivity index (χ1) is 16.8. The van der Waals surface area contributed by atoms with Crippen molar-refractivity contribution in [3.05, 3.63) is 59.0 Å². The van der Waals surface area contributed by atoms with Crippen molar-refractivity contribution in [2.75, 3.05) is 47.4 Å². The molecular weight excluding hydrogens is 453 g/mol. The van der Waals surface area contributed by atoms with Crippen molar-refractivity contribution in [3.63, 3.8) is 0 Å². The number of methoxy groups -OCH3 is 1. The molecule has 0 bridgehead atoms. The lowest BCUT2D eigenvalue weighted by Crippen LogP contribution is -2.35. The molecule has 2 heterocycles. The van der Waals surface area contributed by atoms with E-state index in [-0.39, 0.29) is 17.4 Å². The number of carbonyl (C=O) groups is 3. The Morgan fingerprint density at radius 2 is 1.83 bits per heavy atom. The van der Waals surface area contributed by atoms with Gasteiger partial charge in [0.25, 0.3) is 17.6 Å². The van der Waals surface area contributed by atoms with Crippen LogP contribution in [0.2, 0.25) is 0 Å². The van der Waals surface area contributed by atoms with E-state index in [4.69, 9.17) is 4.74 Å². The Morgan fingerprint density at radius 3 is 2.51 bits per heavy atom. The molecule has 1 fully saturated rings. The minimum atomic E-state index is -0.729. The summed E-state index contributed by atoms with van der Waals surface area (Å²) >= 11 is 0. The third kappa shape index (κ3) is 5.17. The highest BCUT2D eigenvalue weighted by atomic mass is 19.1. The zero-order chi connectivity index (χ0) is 25.1. The van der Waals surface area contributed by atoms with Crippen LogP contribution in [-0.4, -0.2) is 89.9 Å². The number of hydrogen-bond acceptors (Lipinski definition) is 6. The minimum absolute atomic E-state index is 0.0387. The maximum atomic E-state index is 13.5. The molecule has 1 aliphatic rings. The molecule has 1 aromatic heterocycles. The zero-order valence-corrected chi connectivity index (χ0v) is 20.0. The third-order valence-corrected chi connectivity index (χ3v) is 6.13. The number of benzene rings is 2. The first-order valence-corrected chi connectivity index (χ1v) is 11.4. The van der Waals surface area contributed by atoms with E-state index in [0.29, 0.717) is 48.4 Å². The minimum Gasteiger partial charge on any atom is -0.496 e. The largest absolute Gasteiger partial charge is 0.496 e. The standard InChI is InChI=1S/C25H28FN5O4/c1-29(2)25(34)23(32)22-18-13-19(21(35-3)14-20(18)27-28-22)24(33)31-10-4-9-30(11-12-31)15-16-5-7-17(26)8-6-16/h5-8,13-14H,4,9-12,15H2,1-3H3,(H,27,28). The van der Waals surface area contributed by atoms with Crippen LogP contribution >= 0.6 is 0 Å². The molecule has 0 radical (unpaired) electrons.